The summed E-state index contributed by atoms with van der Waals surface area (Å²) in [5.41, 5.74) is 8.65. The molecule has 10 heteroatoms. The lowest BCUT2D eigenvalue weighted by Gasteiger charge is -2.35. The summed E-state index contributed by atoms with van der Waals surface area (Å²) in [6, 6.07) is 2.34. The molecule has 4 rings (SSSR count). The minimum atomic E-state index is -0.570. The number of hydrogen-bond donors (Lipinski definition) is 2. The van der Waals surface area contributed by atoms with Crippen molar-refractivity contribution in [3.8, 4) is 0 Å². The fourth-order valence-electron chi connectivity index (χ4n) is 3.28. The Bertz CT molecular complexity index is 1060. The highest BCUT2D eigenvalue weighted by molar-refractivity contribution is 5.86. The number of carbonyl (C=O) groups is 1. The summed E-state index contributed by atoms with van der Waals surface area (Å²) < 4.78 is 18.7. The first-order chi connectivity index (χ1) is 14.1. The summed E-state index contributed by atoms with van der Waals surface area (Å²) in [4.78, 5) is 33.5. The molecular weight excluding hydrogens is 377 g/mol. The maximum Gasteiger partial charge on any atom is 0.358 e. The molecule has 0 spiro atoms. The number of carbonyl (C=O) groups excluding carboxylic acids is 1. The van der Waals surface area contributed by atoms with Crippen LogP contribution in [-0.4, -0.2) is 44.5 Å². The average molecular weight is 395 g/mol. The van der Waals surface area contributed by atoms with Crippen molar-refractivity contribution in [2.24, 2.45) is 5.73 Å². The normalized spacial score (nSPS) is 16.4. The van der Waals surface area contributed by atoms with Gasteiger partial charge in [-0.15, -0.1) is 0 Å². The molecule has 1 aliphatic rings. The zero-order valence-electron chi connectivity index (χ0n) is 15.5. The van der Waals surface area contributed by atoms with Crippen LogP contribution in [0.3, 0.4) is 0 Å². The van der Waals surface area contributed by atoms with Gasteiger partial charge in [-0.2, -0.15) is 0 Å². The summed E-state index contributed by atoms with van der Waals surface area (Å²) in [6.07, 6.45) is 8.10. The zero-order valence-corrected chi connectivity index (χ0v) is 15.5. The minimum absolute atomic E-state index is 0.101. The lowest BCUT2D eigenvalue weighted by molar-refractivity contribution is 0.0593. The molecule has 3 aromatic heterocycles. The molecule has 0 aliphatic carbocycles. The Morgan fingerprint density at radius 1 is 1.34 bits per heavy atom. The number of anilines is 1. The first kappa shape index (κ1) is 18.5. The van der Waals surface area contributed by atoms with E-state index >= 15 is 0 Å². The van der Waals surface area contributed by atoms with Crippen LogP contribution in [0.25, 0.3) is 6.08 Å². The summed E-state index contributed by atoms with van der Waals surface area (Å²) in [6.45, 7) is 0.575. The Labute approximate surface area is 165 Å². The molecule has 3 aromatic rings. The fraction of sp³-hybridized carbons (Fsp3) is 0.211. The van der Waals surface area contributed by atoms with E-state index in [0.29, 0.717) is 24.5 Å². The number of halogens is 1. The quantitative estimate of drug-likeness (QED) is 0.639. The number of aromatic amines is 1. The van der Waals surface area contributed by atoms with Gasteiger partial charge in [0.05, 0.1) is 31.5 Å². The van der Waals surface area contributed by atoms with Crippen LogP contribution >= 0.6 is 0 Å². The number of aromatic nitrogens is 5. The van der Waals surface area contributed by atoms with Gasteiger partial charge in [0.15, 0.2) is 5.69 Å². The van der Waals surface area contributed by atoms with Crippen molar-refractivity contribution in [3.05, 3.63) is 71.3 Å². The van der Waals surface area contributed by atoms with Gasteiger partial charge in [0.1, 0.15) is 23.4 Å². The monoisotopic (exact) mass is 395 g/mol. The fourth-order valence-corrected chi connectivity index (χ4v) is 3.28. The van der Waals surface area contributed by atoms with Crippen LogP contribution in [-0.2, 0) is 11.2 Å². The number of imidazole rings is 1. The van der Waals surface area contributed by atoms with Gasteiger partial charge in [-0.25, -0.2) is 24.1 Å². The first-order valence-electron chi connectivity index (χ1n) is 8.85. The van der Waals surface area contributed by atoms with Crippen LogP contribution in [0.5, 0.6) is 0 Å². The number of methoxy groups -OCH3 is 1. The molecule has 9 nitrogen and oxygen atoms in total. The molecule has 0 bridgehead atoms. The SMILES string of the molecule is COC(=O)c1cnc(N2CCc3[nH]cnc3[C@H]2/C(N)=C/c2ncccc2F)cn1. The largest absolute Gasteiger partial charge is 0.464 e. The zero-order chi connectivity index (χ0) is 20.4. The third-order valence-corrected chi connectivity index (χ3v) is 4.66. The van der Waals surface area contributed by atoms with E-state index in [4.69, 9.17) is 5.73 Å². The lowest BCUT2D eigenvalue weighted by atomic mass is 9.99. The van der Waals surface area contributed by atoms with E-state index in [1.165, 1.54) is 43.9 Å². The van der Waals surface area contributed by atoms with Crippen molar-refractivity contribution >= 4 is 17.9 Å². The van der Waals surface area contributed by atoms with Crippen molar-refractivity contribution in [2.75, 3.05) is 18.6 Å². The van der Waals surface area contributed by atoms with Crippen molar-refractivity contribution < 1.29 is 13.9 Å². The van der Waals surface area contributed by atoms with Crippen molar-refractivity contribution in [3.63, 3.8) is 0 Å². The molecule has 0 amide bonds. The Morgan fingerprint density at radius 2 is 2.21 bits per heavy atom. The molecule has 148 valence electrons. The summed E-state index contributed by atoms with van der Waals surface area (Å²) in [5.74, 6) is -0.532. The number of H-pyrrole nitrogens is 1. The predicted octanol–water partition coefficient (Wildman–Crippen LogP) is 1.62. The minimum Gasteiger partial charge on any atom is -0.464 e. The number of pyridine rings is 1. The van der Waals surface area contributed by atoms with E-state index in [9.17, 15) is 9.18 Å². The number of esters is 1. The third kappa shape index (κ3) is 3.51. The average Bonchev–Trinajstić information content (AvgIpc) is 3.23. The molecule has 0 radical (unpaired) electrons. The standard InChI is InChI=1S/C19H18FN7O2/c1-29-19(28)15-8-24-16(9-23-15)27-6-4-13-17(26-10-25-13)18(27)12(21)7-14-11(20)3-2-5-22-14/h2-3,5,7-10,18H,4,6,21H2,1H3,(H,25,26)/b12-7-/t18-/m1/s1. The van der Waals surface area contributed by atoms with Crippen LogP contribution in [0.2, 0.25) is 0 Å². The maximum absolute atomic E-state index is 14.1. The van der Waals surface area contributed by atoms with E-state index in [2.05, 4.69) is 29.7 Å². The van der Waals surface area contributed by atoms with Crippen molar-refractivity contribution in [2.45, 2.75) is 12.5 Å². The molecule has 0 saturated carbocycles. The molecule has 0 saturated heterocycles. The summed E-state index contributed by atoms with van der Waals surface area (Å²) in [7, 11) is 1.28. The molecule has 3 N–H and O–H groups in total. The van der Waals surface area contributed by atoms with Gasteiger partial charge in [-0.3, -0.25) is 4.98 Å². The Balaban J connectivity index is 1.73. The number of ether oxygens (including phenoxy) is 1. The number of nitrogens with one attached hydrogen (secondary N) is 1. The number of fused-ring (bicyclic) bond motifs is 1. The van der Waals surface area contributed by atoms with E-state index < -0.39 is 17.8 Å². The van der Waals surface area contributed by atoms with E-state index in [1.54, 1.807) is 6.33 Å². The second-order valence-electron chi connectivity index (χ2n) is 6.38. The van der Waals surface area contributed by atoms with E-state index in [1.807, 2.05) is 4.90 Å². The first-order valence-corrected chi connectivity index (χ1v) is 8.85. The summed E-state index contributed by atoms with van der Waals surface area (Å²) in [5, 5.41) is 0. The highest BCUT2D eigenvalue weighted by Crippen LogP contribution is 2.34. The van der Waals surface area contributed by atoms with Gasteiger partial charge in [-0.05, 0) is 18.2 Å². The van der Waals surface area contributed by atoms with Crippen molar-refractivity contribution in [1.29, 1.82) is 0 Å². The maximum atomic E-state index is 14.1. The number of nitrogens with zero attached hydrogens (tertiary/aromatic N) is 5. The second-order valence-corrected chi connectivity index (χ2v) is 6.38. The second kappa shape index (κ2) is 7.66. The van der Waals surface area contributed by atoms with Gasteiger partial charge in [-0.1, -0.05) is 0 Å². The highest BCUT2D eigenvalue weighted by Gasteiger charge is 2.33. The molecule has 29 heavy (non-hydrogen) atoms. The molecule has 4 heterocycles. The number of rotatable bonds is 4. The van der Waals surface area contributed by atoms with Crippen LogP contribution in [0, 0.1) is 5.82 Å². The van der Waals surface area contributed by atoms with Crippen LogP contribution in [0.1, 0.15) is 33.6 Å². The lowest BCUT2D eigenvalue weighted by Crippen LogP contribution is -2.39. The van der Waals surface area contributed by atoms with Crippen LogP contribution in [0.4, 0.5) is 10.2 Å². The van der Waals surface area contributed by atoms with Gasteiger partial charge in [0.2, 0.25) is 0 Å². The van der Waals surface area contributed by atoms with E-state index in [0.717, 1.165) is 11.4 Å². The molecule has 0 aromatic carbocycles. The van der Waals surface area contributed by atoms with Gasteiger partial charge < -0.3 is 20.4 Å². The van der Waals surface area contributed by atoms with E-state index in [-0.39, 0.29) is 11.4 Å². The third-order valence-electron chi connectivity index (χ3n) is 4.66. The molecular formula is C19H18FN7O2. The van der Waals surface area contributed by atoms with Crippen LogP contribution < -0.4 is 10.6 Å². The summed E-state index contributed by atoms with van der Waals surface area (Å²) >= 11 is 0. The number of hydrogen-bond acceptors (Lipinski definition) is 8. The molecule has 1 aliphatic heterocycles. The highest BCUT2D eigenvalue weighted by atomic mass is 19.1. The van der Waals surface area contributed by atoms with Crippen LogP contribution in [0.15, 0.2) is 42.7 Å². The molecule has 0 unspecified atom stereocenters. The van der Waals surface area contributed by atoms with Crippen molar-refractivity contribution in [1.82, 2.24) is 24.9 Å². The van der Waals surface area contributed by atoms with Gasteiger partial charge in [0.25, 0.3) is 0 Å². The number of nitrogens with two attached hydrogens (primary N) is 1. The topological polar surface area (TPSA) is 123 Å². The molecule has 0 fully saturated rings. The molecule has 1 atom stereocenters. The van der Waals surface area contributed by atoms with Gasteiger partial charge in [0, 0.05) is 30.6 Å². The predicted molar refractivity (Wildman–Crippen MR) is 102 cm³/mol. The van der Waals surface area contributed by atoms with Gasteiger partial charge >= 0.3 is 5.97 Å². The smallest absolute Gasteiger partial charge is 0.358 e. The Kier molecular flexibility index (Phi) is 4.90. The Hall–Kier alpha value is -3.82. The Morgan fingerprint density at radius 3 is 2.93 bits per heavy atom.